The molecule has 4 aliphatic rings. The third-order valence-corrected chi connectivity index (χ3v) is 10.3. The summed E-state index contributed by atoms with van der Waals surface area (Å²) in [5.41, 5.74) is 13.4. The SMILES string of the molecule is Cc1cc(N2CCN(CC3CCN(/C(N)=C/C=C(\N)C(=O)NC4CCCCC4)CC3)CC2)c(F)cc1C(=O)N(C=O)C1CCC(=O)NC1=O. The summed E-state index contributed by atoms with van der Waals surface area (Å²) >= 11 is 0. The Balaban J connectivity index is 1.08. The number of hydrogen-bond acceptors (Lipinski definition) is 10. The van der Waals surface area contributed by atoms with Gasteiger partial charge in [-0.25, -0.2) is 4.39 Å². The van der Waals surface area contributed by atoms with E-state index in [0.717, 1.165) is 82.2 Å². The number of halogens is 1. The molecule has 1 atom stereocenters. The van der Waals surface area contributed by atoms with Gasteiger partial charge < -0.3 is 26.6 Å². The van der Waals surface area contributed by atoms with Gasteiger partial charge in [0.15, 0.2) is 0 Å². The third kappa shape index (κ3) is 8.97. The molecule has 49 heavy (non-hydrogen) atoms. The van der Waals surface area contributed by atoms with Gasteiger partial charge in [-0.2, -0.15) is 0 Å². The number of hydrogen-bond donors (Lipinski definition) is 4. The zero-order valence-corrected chi connectivity index (χ0v) is 28.3. The molecular formula is C35H49FN8O5. The van der Waals surface area contributed by atoms with E-state index in [-0.39, 0.29) is 42.5 Å². The summed E-state index contributed by atoms with van der Waals surface area (Å²) in [5, 5.41) is 5.17. The monoisotopic (exact) mass is 680 g/mol. The van der Waals surface area contributed by atoms with Crippen LogP contribution in [0.5, 0.6) is 0 Å². The topological polar surface area (TPSA) is 174 Å². The van der Waals surface area contributed by atoms with Crippen molar-refractivity contribution in [2.45, 2.75) is 76.8 Å². The lowest BCUT2D eigenvalue weighted by molar-refractivity contribution is -0.139. The Kier molecular flexibility index (Phi) is 11.9. The smallest absolute Gasteiger partial charge is 0.267 e. The molecule has 5 amide bonds. The molecule has 1 unspecified atom stereocenters. The van der Waals surface area contributed by atoms with Crippen molar-refractivity contribution >= 4 is 35.7 Å². The van der Waals surface area contributed by atoms with Crippen LogP contribution in [0, 0.1) is 18.7 Å². The van der Waals surface area contributed by atoms with E-state index < -0.39 is 29.6 Å². The van der Waals surface area contributed by atoms with Crippen molar-refractivity contribution in [3.63, 3.8) is 0 Å². The molecule has 266 valence electrons. The van der Waals surface area contributed by atoms with Gasteiger partial charge in [-0.05, 0) is 74.8 Å². The Morgan fingerprint density at radius 3 is 2.33 bits per heavy atom. The molecule has 3 saturated heterocycles. The van der Waals surface area contributed by atoms with E-state index in [1.54, 1.807) is 25.1 Å². The number of carbonyl (C=O) groups is 5. The predicted molar refractivity (Wildman–Crippen MR) is 182 cm³/mol. The summed E-state index contributed by atoms with van der Waals surface area (Å²) in [4.78, 5) is 68.4. The first-order valence-corrected chi connectivity index (χ1v) is 17.4. The molecule has 0 spiro atoms. The minimum atomic E-state index is -1.12. The Bertz CT molecular complexity index is 1480. The number of likely N-dealkylation sites (tertiary alicyclic amines) is 1. The van der Waals surface area contributed by atoms with Crippen LogP contribution in [0.2, 0.25) is 0 Å². The molecule has 1 aromatic carbocycles. The van der Waals surface area contributed by atoms with E-state index in [2.05, 4.69) is 20.4 Å². The molecule has 14 heteroatoms. The number of piperidine rings is 2. The number of nitrogens with two attached hydrogens (primary N) is 2. The van der Waals surface area contributed by atoms with E-state index in [0.29, 0.717) is 36.1 Å². The number of benzene rings is 1. The summed E-state index contributed by atoms with van der Waals surface area (Å²) in [6, 6.07) is 1.82. The van der Waals surface area contributed by atoms with Gasteiger partial charge in [-0.15, -0.1) is 0 Å². The fraction of sp³-hybridized carbons (Fsp3) is 0.571. The van der Waals surface area contributed by atoms with E-state index in [1.165, 1.54) is 6.42 Å². The number of nitrogens with zero attached hydrogens (tertiary/aromatic N) is 4. The molecular weight excluding hydrogens is 631 g/mol. The van der Waals surface area contributed by atoms with Crippen LogP contribution in [-0.4, -0.2) is 103 Å². The Hall–Kier alpha value is -4.46. The van der Waals surface area contributed by atoms with Gasteiger partial charge in [0.05, 0.1) is 17.2 Å². The molecule has 0 aromatic heterocycles. The maximum Gasteiger partial charge on any atom is 0.267 e. The number of nitrogens with one attached hydrogen (secondary N) is 2. The van der Waals surface area contributed by atoms with Crippen LogP contribution in [0.4, 0.5) is 10.1 Å². The molecule has 13 nitrogen and oxygen atoms in total. The second kappa shape index (κ2) is 16.3. The minimum absolute atomic E-state index is 0.00171. The van der Waals surface area contributed by atoms with Gasteiger partial charge in [0.1, 0.15) is 11.9 Å². The zero-order chi connectivity index (χ0) is 35.1. The summed E-state index contributed by atoms with van der Waals surface area (Å²) in [6.45, 7) is 7.02. The third-order valence-electron chi connectivity index (χ3n) is 10.3. The van der Waals surface area contributed by atoms with Crippen LogP contribution >= 0.6 is 0 Å². The molecule has 3 aliphatic heterocycles. The highest BCUT2D eigenvalue weighted by molar-refractivity contribution is 6.07. The average Bonchev–Trinajstić information content (AvgIpc) is 3.10. The first-order chi connectivity index (χ1) is 23.5. The molecule has 1 aromatic rings. The van der Waals surface area contributed by atoms with E-state index in [4.69, 9.17) is 11.5 Å². The second-order valence-electron chi connectivity index (χ2n) is 13.6. The first kappa shape index (κ1) is 35.8. The van der Waals surface area contributed by atoms with Crippen molar-refractivity contribution in [2.75, 3.05) is 50.7 Å². The van der Waals surface area contributed by atoms with Crippen LogP contribution in [0.25, 0.3) is 0 Å². The lowest BCUT2D eigenvalue weighted by Crippen LogP contribution is -2.54. The Labute approximate surface area is 286 Å². The zero-order valence-electron chi connectivity index (χ0n) is 28.3. The molecule has 4 fully saturated rings. The molecule has 1 aliphatic carbocycles. The van der Waals surface area contributed by atoms with E-state index in [9.17, 15) is 24.0 Å². The number of imide groups is 2. The summed E-state index contributed by atoms with van der Waals surface area (Å²) in [7, 11) is 0. The summed E-state index contributed by atoms with van der Waals surface area (Å²) < 4.78 is 15.4. The van der Waals surface area contributed by atoms with Gasteiger partial charge >= 0.3 is 0 Å². The summed E-state index contributed by atoms with van der Waals surface area (Å²) in [5.74, 6) is -1.67. The molecule has 5 rings (SSSR count). The van der Waals surface area contributed by atoms with Crippen molar-refractivity contribution in [3.05, 3.63) is 52.7 Å². The molecule has 3 heterocycles. The number of piperazine rings is 1. The second-order valence-corrected chi connectivity index (χ2v) is 13.6. The maximum absolute atomic E-state index is 15.4. The first-order valence-electron chi connectivity index (χ1n) is 17.4. The fourth-order valence-corrected chi connectivity index (χ4v) is 7.27. The molecule has 0 radical (unpaired) electrons. The maximum atomic E-state index is 15.4. The van der Waals surface area contributed by atoms with Gasteiger partial charge in [0.2, 0.25) is 18.2 Å². The number of amides is 5. The summed E-state index contributed by atoms with van der Waals surface area (Å²) in [6.07, 6.45) is 11.0. The fourth-order valence-electron chi connectivity index (χ4n) is 7.27. The lowest BCUT2D eigenvalue weighted by atomic mass is 9.95. The molecule has 1 saturated carbocycles. The highest BCUT2D eigenvalue weighted by atomic mass is 19.1. The van der Waals surface area contributed by atoms with Gasteiger partial charge in [0.25, 0.3) is 11.8 Å². The molecule has 6 N–H and O–H groups in total. The van der Waals surface area contributed by atoms with Crippen molar-refractivity contribution in [1.29, 1.82) is 0 Å². The highest BCUT2D eigenvalue weighted by Crippen LogP contribution is 2.28. The van der Waals surface area contributed by atoms with Gasteiger partial charge in [-0.1, -0.05) is 19.3 Å². The van der Waals surface area contributed by atoms with Crippen molar-refractivity contribution in [1.82, 2.24) is 25.3 Å². The van der Waals surface area contributed by atoms with Crippen LogP contribution < -0.4 is 27.0 Å². The van der Waals surface area contributed by atoms with E-state index >= 15 is 4.39 Å². The quantitative estimate of drug-likeness (QED) is 0.123. The van der Waals surface area contributed by atoms with Crippen LogP contribution in [0.3, 0.4) is 0 Å². The number of anilines is 1. The lowest BCUT2D eigenvalue weighted by Gasteiger charge is -2.40. The van der Waals surface area contributed by atoms with Crippen molar-refractivity contribution in [2.24, 2.45) is 17.4 Å². The Morgan fingerprint density at radius 1 is 0.980 bits per heavy atom. The normalized spacial score (nSPS) is 22.1. The van der Waals surface area contributed by atoms with Crippen LogP contribution in [-0.2, 0) is 19.2 Å². The average molecular weight is 681 g/mol. The standard InChI is InChI=1S/C35H49FN8O5/c1-23-19-30(27(36)20-26(23)35(49)44(22-45)29-8-10-32(46)40-34(29)48)42-17-15-41(16-18-42)21-24-11-13-43(14-12-24)31(38)9-7-28(37)33(47)39-25-5-3-2-4-6-25/h7,9,19-20,22,24-25,29H,2-6,8,10-18,21,37-38H2,1H3,(H,39,47)(H,40,46,48)/b28-7-,31-9+. The van der Waals surface area contributed by atoms with Gasteiger partial charge in [0, 0.05) is 63.8 Å². The van der Waals surface area contributed by atoms with Crippen molar-refractivity contribution < 1.29 is 28.4 Å². The number of rotatable bonds is 10. The number of aryl methyl sites for hydroxylation is 1. The number of allylic oxidation sites excluding steroid dienone is 2. The largest absolute Gasteiger partial charge is 0.394 e. The minimum Gasteiger partial charge on any atom is -0.394 e. The van der Waals surface area contributed by atoms with E-state index in [1.807, 2.05) is 4.90 Å². The van der Waals surface area contributed by atoms with Crippen LogP contribution in [0.15, 0.2) is 35.8 Å². The van der Waals surface area contributed by atoms with Crippen molar-refractivity contribution in [3.8, 4) is 0 Å². The number of carbonyl (C=O) groups excluding carboxylic acids is 5. The van der Waals surface area contributed by atoms with Gasteiger partial charge in [-0.3, -0.25) is 39.1 Å². The Morgan fingerprint density at radius 2 is 1.67 bits per heavy atom. The van der Waals surface area contributed by atoms with Crippen LogP contribution in [0.1, 0.15) is 73.7 Å². The predicted octanol–water partition coefficient (Wildman–Crippen LogP) is 1.46. The highest BCUT2D eigenvalue weighted by Gasteiger charge is 2.36. The molecule has 0 bridgehead atoms.